The van der Waals surface area contributed by atoms with Crippen LogP contribution in [0.1, 0.15) is 78.9 Å². The van der Waals surface area contributed by atoms with E-state index in [2.05, 4.69) is 48.1 Å². The third-order valence-corrected chi connectivity index (χ3v) is 4.86. The van der Waals surface area contributed by atoms with Crippen LogP contribution in [0.2, 0.25) is 0 Å². The number of aromatic hydroxyl groups is 1. The summed E-state index contributed by atoms with van der Waals surface area (Å²) in [5, 5.41) is 10.9. The quantitative estimate of drug-likeness (QED) is 0.399. The first-order valence-electron chi connectivity index (χ1n) is 8.72. The number of hydrogen-bond acceptors (Lipinski definition) is 3. The summed E-state index contributed by atoms with van der Waals surface area (Å²) in [4.78, 5) is 11.9. The Morgan fingerprint density at radius 1 is 1.12 bits per heavy atom. The fourth-order valence-corrected chi connectivity index (χ4v) is 2.84. The summed E-state index contributed by atoms with van der Waals surface area (Å²) >= 11 is 0. The molecule has 0 unspecified atom stereocenters. The Hall–Kier alpha value is -1.77. The predicted molar refractivity (Wildman–Crippen MR) is 99.8 cm³/mol. The zero-order valence-corrected chi connectivity index (χ0v) is 16.2. The minimum Gasteiger partial charge on any atom is -0.507 e. The number of benzene rings is 1. The first kappa shape index (κ1) is 20.3. The Bertz CT molecular complexity index is 624. The Labute approximate surface area is 146 Å². The molecule has 1 N–H and O–H groups in total. The van der Waals surface area contributed by atoms with Crippen molar-refractivity contribution >= 4 is 5.97 Å². The summed E-state index contributed by atoms with van der Waals surface area (Å²) in [6.07, 6.45) is 2.81. The highest BCUT2D eigenvalue weighted by Crippen LogP contribution is 2.44. The van der Waals surface area contributed by atoms with Gasteiger partial charge in [0, 0.05) is 16.7 Å². The average Bonchev–Trinajstić information content (AvgIpc) is 2.48. The zero-order valence-electron chi connectivity index (χ0n) is 16.2. The molecular weight excluding hydrogens is 300 g/mol. The van der Waals surface area contributed by atoms with Gasteiger partial charge in [-0.1, -0.05) is 54.5 Å². The van der Waals surface area contributed by atoms with Gasteiger partial charge in [-0.25, -0.2) is 4.79 Å². The molecule has 0 heterocycles. The number of phenolic OH excluding ortho intramolecular Hbond substituents is 1. The van der Waals surface area contributed by atoms with E-state index in [1.165, 1.54) is 0 Å². The van der Waals surface area contributed by atoms with Crippen LogP contribution in [0.5, 0.6) is 11.5 Å². The first-order valence-corrected chi connectivity index (χ1v) is 8.72. The second-order valence-electron chi connectivity index (χ2n) is 7.91. The number of carbonyl (C=O) groups excluding carboxylic acids is 1. The van der Waals surface area contributed by atoms with Gasteiger partial charge in [0.2, 0.25) is 0 Å². The number of hydrogen-bond donors (Lipinski definition) is 1. The molecule has 0 aliphatic rings. The second-order valence-corrected chi connectivity index (χ2v) is 7.91. The number of esters is 1. The summed E-state index contributed by atoms with van der Waals surface area (Å²) < 4.78 is 5.48. The number of phenols is 1. The van der Waals surface area contributed by atoms with E-state index in [1.54, 1.807) is 19.1 Å². The lowest BCUT2D eigenvalue weighted by molar-refractivity contribution is -0.130. The Morgan fingerprint density at radius 3 is 2.04 bits per heavy atom. The molecule has 0 fully saturated rings. The maximum Gasteiger partial charge on any atom is 0.338 e. The Balaban J connectivity index is 3.55. The largest absolute Gasteiger partial charge is 0.507 e. The van der Waals surface area contributed by atoms with Gasteiger partial charge in [0.1, 0.15) is 11.5 Å². The zero-order chi connectivity index (χ0) is 18.7. The summed E-state index contributed by atoms with van der Waals surface area (Å²) in [6, 6.07) is 3.58. The van der Waals surface area contributed by atoms with Gasteiger partial charge in [0.25, 0.3) is 0 Å². The predicted octanol–water partition coefficient (Wildman–Crippen LogP) is 5.64. The number of rotatable bonds is 7. The smallest absolute Gasteiger partial charge is 0.338 e. The van der Waals surface area contributed by atoms with Gasteiger partial charge >= 0.3 is 5.97 Å². The fourth-order valence-electron chi connectivity index (χ4n) is 2.84. The van der Waals surface area contributed by atoms with E-state index in [9.17, 15) is 9.90 Å². The molecule has 0 aliphatic heterocycles. The molecule has 134 valence electrons. The maximum absolute atomic E-state index is 11.9. The van der Waals surface area contributed by atoms with E-state index in [0.717, 1.165) is 30.4 Å². The van der Waals surface area contributed by atoms with Crippen molar-refractivity contribution in [1.29, 1.82) is 0 Å². The molecule has 0 aliphatic carbocycles. The van der Waals surface area contributed by atoms with Crippen molar-refractivity contribution in [2.75, 3.05) is 0 Å². The van der Waals surface area contributed by atoms with Crippen LogP contribution >= 0.6 is 0 Å². The molecule has 1 aromatic rings. The lowest BCUT2D eigenvalue weighted by Crippen LogP contribution is -2.22. The average molecular weight is 332 g/mol. The molecule has 3 heteroatoms. The number of ether oxygens (including phenoxy) is 1. The van der Waals surface area contributed by atoms with Crippen LogP contribution in [0, 0.1) is 0 Å². The van der Waals surface area contributed by atoms with E-state index in [4.69, 9.17) is 4.74 Å². The van der Waals surface area contributed by atoms with Crippen molar-refractivity contribution in [3.8, 4) is 11.5 Å². The van der Waals surface area contributed by atoms with E-state index in [-0.39, 0.29) is 10.8 Å². The van der Waals surface area contributed by atoms with Gasteiger partial charge < -0.3 is 9.84 Å². The molecule has 1 rings (SSSR count). The molecule has 0 aromatic heterocycles. The van der Waals surface area contributed by atoms with Crippen molar-refractivity contribution in [3.63, 3.8) is 0 Å². The summed E-state index contributed by atoms with van der Waals surface area (Å²) in [6.45, 7) is 17.9. The topological polar surface area (TPSA) is 46.5 Å². The third-order valence-electron chi connectivity index (χ3n) is 4.86. The molecule has 0 saturated heterocycles. The van der Waals surface area contributed by atoms with Gasteiger partial charge in [-0.2, -0.15) is 0 Å². The van der Waals surface area contributed by atoms with Gasteiger partial charge in [0.15, 0.2) is 0 Å². The van der Waals surface area contributed by atoms with E-state index >= 15 is 0 Å². The molecule has 0 atom stereocenters. The standard InChI is InChI=1S/C21H32O3/c1-9-11-21(7,8)17-13-15(24-19(23)14(3)4)12-16(18(17)22)20(5,6)10-2/h12-13,22H,3,9-11H2,1-2,4-8H3. The van der Waals surface area contributed by atoms with Crippen molar-refractivity contribution in [2.24, 2.45) is 0 Å². The molecule has 1 aromatic carbocycles. The highest BCUT2D eigenvalue weighted by molar-refractivity contribution is 5.88. The lowest BCUT2D eigenvalue weighted by Gasteiger charge is -2.31. The first-order chi connectivity index (χ1) is 11.0. The van der Waals surface area contributed by atoms with E-state index < -0.39 is 5.97 Å². The molecule has 0 amide bonds. The van der Waals surface area contributed by atoms with Crippen LogP contribution in [0.4, 0.5) is 0 Å². The minimum atomic E-state index is -0.444. The molecule has 3 nitrogen and oxygen atoms in total. The fraction of sp³-hybridized carbons (Fsp3) is 0.571. The van der Waals surface area contributed by atoms with Crippen LogP contribution in [0.25, 0.3) is 0 Å². The van der Waals surface area contributed by atoms with Crippen LogP contribution in [0.3, 0.4) is 0 Å². The second kappa shape index (κ2) is 7.42. The van der Waals surface area contributed by atoms with Gasteiger partial charge in [-0.05, 0) is 42.7 Å². The SMILES string of the molecule is C=C(C)C(=O)Oc1cc(C(C)(C)CC)c(O)c(C(C)(C)CCC)c1. The van der Waals surface area contributed by atoms with Gasteiger partial charge in [-0.15, -0.1) is 0 Å². The monoisotopic (exact) mass is 332 g/mol. The van der Waals surface area contributed by atoms with Crippen LogP contribution in [-0.2, 0) is 15.6 Å². The van der Waals surface area contributed by atoms with Crippen molar-refractivity contribution < 1.29 is 14.6 Å². The van der Waals surface area contributed by atoms with Gasteiger partial charge in [-0.3, -0.25) is 0 Å². The Morgan fingerprint density at radius 2 is 1.62 bits per heavy atom. The highest BCUT2D eigenvalue weighted by atomic mass is 16.5. The van der Waals surface area contributed by atoms with Crippen LogP contribution < -0.4 is 4.74 Å². The normalized spacial score (nSPS) is 12.1. The summed E-state index contributed by atoms with van der Waals surface area (Å²) in [7, 11) is 0. The summed E-state index contributed by atoms with van der Waals surface area (Å²) in [5.74, 6) is 0.340. The van der Waals surface area contributed by atoms with Crippen molar-refractivity contribution in [1.82, 2.24) is 0 Å². The lowest BCUT2D eigenvalue weighted by atomic mass is 9.75. The van der Waals surface area contributed by atoms with Crippen molar-refractivity contribution in [3.05, 3.63) is 35.4 Å². The molecule has 0 bridgehead atoms. The van der Waals surface area contributed by atoms with Crippen LogP contribution in [0.15, 0.2) is 24.3 Å². The molecule has 24 heavy (non-hydrogen) atoms. The highest BCUT2D eigenvalue weighted by Gasteiger charge is 2.30. The van der Waals surface area contributed by atoms with Crippen molar-refractivity contribution in [2.45, 2.75) is 78.6 Å². The third kappa shape index (κ3) is 4.40. The minimum absolute atomic E-state index is 0.205. The van der Waals surface area contributed by atoms with E-state index in [0.29, 0.717) is 17.1 Å². The summed E-state index contributed by atoms with van der Waals surface area (Å²) in [5.41, 5.74) is 1.58. The molecule has 0 radical (unpaired) electrons. The van der Waals surface area contributed by atoms with Gasteiger partial charge in [0.05, 0.1) is 0 Å². The number of carbonyl (C=O) groups is 1. The molecular formula is C21H32O3. The maximum atomic E-state index is 11.9. The molecule has 0 saturated carbocycles. The van der Waals surface area contributed by atoms with E-state index in [1.807, 2.05) is 0 Å². The molecule has 0 spiro atoms. The van der Waals surface area contributed by atoms with Crippen LogP contribution in [-0.4, -0.2) is 11.1 Å². The Kier molecular flexibility index (Phi) is 6.26.